The number of nitrogens with zero attached hydrogens (tertiary/aromatic N) is 1. The maximum atomic E-state index is 12.4. The van der Waals surface area contributed by atoms with Gasteiger partial charge in [0.2, 0.25) is 11.8 Å². The van der Waals surface area contributed by atoms with Crippen LogP contribution in [0.15, 0.2) is 11.5 Å². The third-order valence-corrected chi connectivity index (χ3v) is 1.85. The molecule has 1 atom stereocenters. The summed E-state index contributed by atoms with van der Waals surface area (Å²) >= 11 is 0. The average molecular weight is 184 g/mol. The number of methoxy groups -OCH3 is 1. The molecule has 0 aromatic carbocycles. The highest BCUT2D eigenvalue weighted by molar-refractivity contribution is 5.80. The van der Waals surface area contributed by atoms with Crippen LogP contribution < -0.4 is 5.32 Å². The summed E-state index contributed by atoms with van der Waals surface area (Å²) in [5.74, 6) is -0.909. The van der Waals surface area contributed by atoms with Gasteiger partial charge < -0.3 is 4.74 Å². The lowest BCUT2D eigenvalue weighted by molar-refractivity contribution is -0.122. The van der Waals surface area contributed by atoms with E-state index < -0.39 is 12.6 Å². The van der Waals surface area contributed by atoms with Crippen molar-refractivity contribution in [2.75, 3.05) is 13.8 Å². The van der Waals surface area contributed by atoms with Crippen LogP contribution in [0.2, 0.25) is 0 Å². The molecule has 1 rings (SSSR count). The summed E-state index contributed by atoms with van der Waals surface area (Å²) in [6, 6.07) is 1.83. The number of ether oxygens (including phenoxy) is 1. The van der Waals surface area contributed by atoms with Gasteiger partial charge in [0.1, 0.15) is 6.07 Å². The number of hydrogen-bond acceptors (Lipinski definition) is 3. The Hall–Kier alpha value is -1.57. The van der Waals surface area contributed by atoms with Crippen molar-refractivity contribution in [1.82, 2.24) is 5.32 Å². The third kappa shape index (κ3) is 1.78. The van der Waals surface area contributed by atoms with Crippen LogP contribution in [0.4, 0.5) is 4.39 Å². The van der Waals surface area contributed by atoms with Gasteiger partial charge in [-0.3, -0.25) is 14.5 Å². The van der Waals surface area contributed by atoms with E-state index in [1.165, 1.54) is 7.11 Å². The van der Waals surface area contributed by atoms with Crippen molar-refractivity contribution >= 4 is 5.91 Å². The van der Waals surface area contributed by atoms with Crippen LogP contribution >= 0.6 is 0 Å². The Morgan fingerprint density at radius 3 is 3.00 bits per heavy atom. The van der Waals surface area contributed by atoms with Crippen molar-refractivity contribution in [1.29, 1.82) is 5.26 Å². The third-order valence-electron chi connectivity index (χ3n) is 1.85. The van der Waals surface area contributed by atoms with Crippen molar-refractivity contribution < 1.29 is 13.9 Å². The van der Waals surface area contributed by atoms with Crippen molar-refractivity contribution in [3.8, 4) is 6.07 Å². The van der Waals surface area contributed by atoms with Crippen LogP contribution in [0.5, 0.6) is 0 Å². The summed E-state index contributed by atoms with van der Waals surface area (Å²) in [6.45, 7) is -0.719. The van der Waals surface area contributed by atoms with Crippen LogP contribution in [-0.2, 0) is 9.53 Å². The van der Waals surface area contributed by atoms with Crippen LogP contribution in [0.25, 0.3) is 0 Å². The summed E-state index contributed by atoms with van der Waals surface area (Å²) in [5, 5.41) is 11.0. The molecule has 1 unspecified atom stereocenters. The first-order chi connectivity index (χ1) is 6.22. The molecule has 1 heterocycles. The molecule has 1 N–H and O–H groups in total. The first-order valence-corrected chi connectivity index (χ1v) is 3.77. The number of halogens is 1. The van der Waals surface area contributed by atoms with E-state index in [-0.39, 0.29) is 23.8 Å². The normalized spacial score (nSPS) is 22.2. The molecule has 5 heteroatoms. The number of hydrogen-bond donors (Lipinski definition) is 1. The Morgan fingerprint density at radius 1 is 1.85 bits per heavy atom. The van der Waals surface area contributed by atoms with Gasteiger partial charge in [-0.2, -0.15) is 5.26 Å². The SMILES string of the molecule is COC1=C(C#N)C(CF)CC(=O)N1. The molecular formula is C8H9FN2O2. The molecule has 0 spiro atoms. The molecule has 70 valence electrons. The monoisotopic (exact) mass is 184 g/mol. The van der Waals surface area contributed by atoms with Crippen LogP contribution in [0.3, 0.4) is 0 Å². The van der Waals surface area contributed by atoms with Crippen molar-refractivity contribution in [3.05, 3.63) is 11.5 Å². The van der Waals surface area contributed by atoms with E-state index in [1.54, 1.807) is 0 Å². The Kier molecular flexibility index (Phi) is 2.85. The summed E-state index contributed by atoms with van der Waals surface area (Å²) in [7, 11) is 1.33. The summed E-state index contributed by atoms with van der Waals surface area (Å²) in [4.78, 5) is 11.0. The fourth-order valence-corrected chi connectivity index (χ4v) is 1.19. The van der Waals surface area contributed by atoms with Crippen LogP contribution in [0.1, 0.15) is 6.42 Å². The molecule has 0 aromatic rings. The minimum Gasteiger partial charge on any atom is -0.482 e. The second-order valence-corrected chi connectivity index (χ2v) is 2.66. The molecule has 0 aliphatic carbocycles. The van der Waals surface area contributed by atoms with E-state index in [0.29, 0.717) is 0 Å². The highest BCUT2D eigenvalue weighted by atomic mass is 19.1. The predicted molar refractivity (Wildman–Crippen MR) is 41.9 cm³/mol. The highest BCUT2D eigenvalue weighted by Crippen LogP contribution is 2.22. The topological polar surface area (TPSA) is 62.1 Å². The minimum absolute atomic E-state index is 0.00620. The Labute approximate surface area is 75.0 Å². The summed E-state index contributed by atoms with van der Waals surface area (Å²) < 4.78 is 17.1. The highest BCUT2D eigenvalue weighted by Gasteiger charge is 2.28. The van der Waals surface area contributed by atoms with E-state index in [0.717, 1.165) is 0 Å². The zero-order valence-electron chi connectivity index (χ0n) is 7.13. The number of alkyl halides is 1. The number of allylic oxidation sites excluding steroid dienone is 1. The van der Waals surface area contributed by atoms with E-state index in [2.05, 4.69) is 5.32 Å². The smallest absolute Gasteiger partial charge is 0.227 e. The van der Waals surface area contributed by atoms with E-state index in [9.17, 15) is 9.18 Å². The number of nitriles is 1. The second kappa shape index (κ2) is 3.90. The molecule has 0 saturated heterocycles. The van der Waals surface area contributed by atoms with Crippen LogP contribution in [0, 0.1) is 17.2 Å². The fourth-order valence-electron chi connectivity index (χ4n) is 1.19. The maximum absolute atomic E-state index is 12.4. The molecule has 0 saturated carbocycles. The lowest BCUT2D eigenvalue weighted by atomic mass is 9.95. The Balaban J connectivity index is 3.00. The van der Waals surface area contributed by atoms with Crippen molar-refractivity contribution in [2.24, 2.45) is 5.92 Å². The molecule has 1 aliphatic rings. The molecule has 0 bridgehead atoms. The Morgan fingerprint density at radius 2 is 2.54 bits per heavy atom. The van der Waals surface area contributed by atoms with Gasteiger partial charge in [0.25, 0.3) is 0 Å². The quantitative estimate of drug-likeness (QED) is 0.678. The van der Waals surface area contributed by atoms with Crippen LogP contribution in [-0.4, -0.2) is 19.7 Å². The zero-order valence-corrected chi connectivity index (χ0v) is 7.13. The van der Waals surface area contributed by atoms with Gasteiger partial charge in [-0.25, -0.2) is 0 Å². The molecule has 13 heavy (non-hydrogen) atoms. The van der Waals surface area contributed by atoms with E-state index >= 15 is 0 Å². The lowest BCUT2D eigenvalue weighted by Crippen LogP contribution is -2.34. The van der Waals surface area contributed by atoms with Crippen molar-refractivity contribution in [3.63, 3.8) is 0 Å². The van der Waals surface area contributed by atoms with Gasteiger partial charge in [0.05, 0.1) is 19.4 Å². The number of nitrogens with one attached hydrogen (secondary N) is 1. The molecular weight excluding hydrogens is 175 g/mol. The number of carbonyl (C=O) groups is 1. The zero-order chi connectivity index (χ0) is 9.84. The fraction of sp³-hybridized carbons (Fsp3) is 0.500. The molecule has 0 fully saturated rings. The minimum atomic E-state index is -0.719. The predicted octanol–water partition coefficient (Wildman–Crippen LogP) is 0.474. The number of carbonyl (C=O) groups excluding carboxylic acids is 1. The Bertz CT molecular complexity index is 293. The standard InChI is InChI=1S/C8H9FN2O2/c1-13-8-6(4-10)5(3-9)2-7(12)11-8/h5H,2-3H2,1H3,(H,11,12). The number of rotatable bonds is 2. The number of amides is 1. The van der Waals surface area contributed by atoms with E-state index in [4.69, 9.17) is 10.00 Å². The maximum Gasteiger partial charge on any atom is 0.227 e. The lowest BCUT2D eigenvalue weighted by Gasteiger charge is -2.21. The van der Waals surface area contributed by atoms with Gasteiger partial charge in [-0.1, -0.05) is 0 Å². The first kappa shape index (κ1) is 9.52. The molecule has 4 nitrogen and oxygen atoms in total. The van der Waals surface area contributed by atoms with E-state index in [1.807, 2.05) is 6.07 Å². The largest absolute Gasteiger partial charge is 0.482 e. The van der Waals surface area contributed by atoms with Crippen molar-refractivity contribution in [2.45, 2.75) is 6.42 Å². The first-order valence-electron chi connectivity index (χ1n) is 3.77. The second-order valence-electron chi connectivity index (χ2n) is 2.66. The molecule has 1 aliphatic heterocycles. The van der Waals surface area contributed by atoms with Gasteiger partial charge in [-0.15, -0.1) is 0 Å². The average Bonchev–Trinajstić information content (AvgIpc) is 2.16. The van der Waals surface area contributed by atoms with Gasteiger partial charge in [0, 0.05) is 12.3 Å². The van der Waals surface area contributed by atoms with Gasteiger partial charge >= 0.3 is 0 Å². The summed E-state index contributed by atoms with van der Waals surface area (Å²) in [5.41, 5.74) is 0.171. The molecule has 0 aromatic heterocycles. The van der Waals surface area contributed by atoms with Gasteiger partial charge in [-0.05, 0) is 0 Å². The van der Waals surface area contributed by atoms with Gasteiger partial charge in [0.15, 0.2) is 0 Å². The molecule has 1 amide bonds. The summed E-state index contributed by atoms with van der Waals surface area (Å²) in [6.07, 6.45) is 0.00620. The molecule has 0 radical (unpaired) electrons.